The van der Waals surface area contributed by atoms with Gasteiger partial charge in [-0.05, 0) is 19.3 Å². The van der Waals surface area contributed by atoms with Crippen molar-refractivity contribution in [1.29, 1.82) is 0 Å². The average molecular weight is 465 g/mol. The summed E-state index contributed by atoms with van der Waals surface area (Å²) >= 11 is 3.48. The molecule has 0 aromatic heterocycles. The van der Waals surface area contributed by atoms with Crippen molar-refractivity contribution >= 4 is 26.7 Å². The van der Waals surface area contributed by atoms with Crippen molar-refractivity contribution in [3.63, 3.8) is 0 Å². The van der Waals surface area contributed by atoms with E-state index in [1.807, 2.05) is 12.1 Å². The van der Waals surface area contributed by atoms with Crippen LogP contribution in [0.2, 0.25) is 0 Å². The van der Waals surface area contributed by atoms with Gasteiger partial charge in [-0.1, -0.05) is 92.1 Å². The quantitative estimate of drug-likeness (QED) is 0.186. The van der Waals surface area contributed by atoms with Gasteiger partial charge in [-0.3, -0.25) is 0 Å². The largest absolute Gasteiger partial charge is 0.493 e. The van der Waals surface area contributed by atoms with E-state index in [4.69, 9.17) is 14.2 Å². The Labute approximate surface area is 185 Å². The first-order valence-electron chi connectivity index (χ1n) is 11.2. The second-order valence-electron chi connectivity index (χ2n) is 7.52. The zero-order chi connectivity index (χ0) is 20.7. The smallest absolute Gasteiger partial charge is 0.169 e. The fourth-order valence-electron chi connectivity index (χ4n) is 3.50. The molecule has 0 saturated heterocycles. The highest BCUT2D eigenvalue weighted by molar-refractivity contribution is 9.09. The first-order valence-corrected chi connectivity index (χ1v) is 12.3. The van der Waals surface area contributed by atoms with E-state index in [0.717, 1.165) is 59.4 Å². The zero-order valence-corrected chi connectivity index (χ0v) is 19.8. The third-order valence-corrected chi connectivity index (χ3v) is 5.73. The van der Waals surface area contributed by atoms with Crippen molar-refractivity contribution < 1.29 is 14.2 Å². The minimum Gasteiger partial charge on any atom is -0.493 e. The molecular weight excluding hydrogens is 428 g/mol. The highest BCUT2D eigenvalue weighted by atomic mass is 79.9. The molecule has 0 amide bonds. The molecule has 0 aliphatic heterocycles. The zero-order valence-electron chi connectivity index (χ0n) is 18.2. The van der Waals surface area contributed by atoms with Crippen molar-refractivity contribution in [2.75, 3.05) is 25.7 Å². The molecule has 3 nitrogen and oxygen atoms in total. The van der Waals surface area contributed by atoms with E-state index >= 15 is 0 Å². The van der Waals surface area contributed by atoms with E-state index in [2.05, 4.69) is 41.1 Å². The van der Waals surface area contributed by atoms with Gasteiger partial charge in [0.15, 0.2) is 11.5 Å². The Morgan fingerprint density at radius 1 is 0.724 bits per heavy atom. The molecule has 0 unspecified atom stereocenters. The molecular formula is C25H37BrO3. The molecule has 2 rings (SSSR count). The van der Waals surface area contributed by atoms with E-state index in [1.165, 1.54) is 51.4 Å². The monoisotopic (exact) mass is 464 g/mol. The first kappa shape index (κ1) is 23.9. The Hall–Kier alpha value is -1.42. The molecule has 4 heteroatoms. The number of hydrogen-bond acceptors (Lipinski definition) is 3. The summed E-state index contributed by atoms with van der Waals surface area (Å²) in [6.07, 6.45) is 12.3. The Morgan fingerprint density at radius 2 is 1.34 bits per heavy atom. The average Bonchev–Trinajstić information content (AvgIpc) is 2.76. The lowest BCUT2D eigenvalue weighted by Gasteiger charge is -2.17. The number of halogens is 1. The topological polar surface area (TPSA) is 27.7 Å². The lowest BCUT2D eigenvalue weighted by atomic mass is 10.1. The summed E-state index contributed by atoms with van der Waals surface area (Å²) in [5.41, 5.74) is 0. The molecule has 2 aromatic rings. The van der Waals surface area contributed by atoms with Crippen LogP contribution in [0.3, 0.4) is 0 Å². The Kier molecular flexibility index (Phi) is 12.0. The molecule has 0 aliphatic carbocycles. The Morgan fingerprint density at radius 3 is 2.03 bits per heavy atom. The van der Waals surface area contributed by atoms with Gasteiger partial charge in [-0.25, -0.2) is 0 Å². The van der Waals surface area contributed by atoms with E-state index < -0.39 is 0 Å². The van der Waals surface area contributed by atoms with Gasteiger partial charge in [-0.2, -0.15) is 0 Å². The standard InChI is InChI=1S/C25H37BrO3/c1-3-4-5-6-8-14-19-29-25-22-16-11-10-15-21(22)23(20-24(25)27-2)28-18-13-9-7-12-17-26/h10-11,15-16,20H,3-9,12-14,17-19H2,1-2H3. The molecule has 29 heavy (non-hydrogen) atoms. The van der Waals surface area contributed by atoms with E-state index in [-0.39, 0.29) is 0 Å². The van der Waals surface area contributed by atoms with Crippen LogP contribution in [-0.2, 0) is 0 Å². The van der Waals surface area contributed by atoms with Gasteiger partial charge < -0.3 is 14.2 Å². The van der Waals surface area contributed by atoms with Crippen LogP contribution in [-0.4, -0.2) is 25.7 Å². The number of alkyl halides is 1. The van der Waals surface area contributed by atoms with Crippen LogP contribution in [0.4, 0.5) is 0 Å². The minimum atomic E-state index is 0.722. The van der Waals surface area contributed by atoms with Crippen LogP contribution in [0.5, 0.6) is 17.2 Å². The lowest BCUT2D eigenvalue weighted by molar-refractivity contribution is 0.283. The van der Waals surface area contributed by atoms with Crippen molar-refractivity contribution in [2.45, 2.75) is 71.1 Å². The number of methoxy groups -OCH3 is 1. The molecule has 0 radical (unpaired) electrons. The number of rotatable bonds is 16. The SMILES string of the molecule is CCCCCCCCOc1c(OC)cc(OCCCCCCBr)c2ccccc12. The van der Waals surface area contributed by atoms with E-state index in [0.29, 0.717) is 0 Å². The summed E-state index contributed by atoms with van der Waals surface area (Å²) in [5, 5.41) is 3.23. The van der Waals surface area contributed by atoms with Crippen LogP contribution >= 0.6 is 15.9 Å². The summed E-state index contributed by atoms with van der Waals surface area (Å²) in [4.78, 5) is 0. The fraction of sp³-hybridized carbons (Fsp3) is 0.600. The Bertz CT molecular complexity index is 702. The molecule has 0 heterocycles. The van der Waals surface area contributed by atoms with Gasteiger partial charge in [0.25, 0.3) is 0 Å². The molecule has 0 bridgehead atoms. The predicted octanol–water partition coefficient (Wildman–Crippen LogP) is 7.92. The highest BCUT2D eigenvalue weighted by Gasteiger charge is 2.15. The van der Waals surface area contributed by atoms with Gasteiger partial charge in [0.2, 0.25) is 0 Å². The van der Waals surface area contributed by atoms with Gasteiger partial charge in [0.1, 0.15) is 5.75 Å². The number of unbranched alkanes of at least 4 members (excludes halogenated alkanes) is 8. The normalized spacial score (nSPS) is 11.0. The van der Waals surface area contributed by atoms with Crippen LogP contribution < -0.4 is 14.2 Å². The Balaban J connectivity index is 2.00. The van der Waals surface area contributed by atoms with Crippen molar-refractivity contribution in [1.82, 2.24) is 0 Å². The molecule has 162 valence electrons. The molecule has 0 fully saturated rings. The number of fused-ring (bicyclic) bond motifs is 1. The van der Waals surface area contributed by atoms with E-state index in [1.54, 1.807) is 7.11 Å². The maximum absolute atomic E-state index is 6.19. The van der Waals surface area contributed by atoms with Crippen LogP contribution in [0.25, 0.3) is 10.8 Å². The van der Waals surface area contributed by atoms with Gasteiger partial charge in [-0.15, -0.1) is 0 Å². The fourth-order valence-corrected chi connectivity index (χ4v) is 3.90. The lowest BCUT2D eigenvalue weighted by Crippen LogP contribution is -2.03. The molecule has 0 atom stereocenters. The predicted molar refractivity (Wildman–Crippen MR) is 127 cm³/mol. The maximum Gasteiger partial charge on any atom is 0.169 e. The number of benzene rings is 2. The van der Waals surface area contributed by atoms with Crippen molar-refractivity contribution in [2.24, 2.45) is 0 Å². The molecule has 0 saturated carbocycles. The number of hydrogen-bond donors (Lipinski definition) is 0. The minimum absolute atomic E-state index is 0.722. The molecule has 0 spiro atoms. The van der Waals surface area contributed by atoms with Gasteiger partial charge >= 0.3 is 0 Å². The van der Waals surface area contributed by atoms with Gasteiger partial charge in [0.05, 0.1) is 20.3 Å². The molecule has 2 aromatic carbocycles. The molecule has 0 N–H and O–H groups in total. The molecule has 0 aliphatic rings. The summed E-state index contributed by atoms with van der Waals surface area (Å²) in [7, 11) is 1.70. The van der Waals surface area contributed by atoms with Crippen molar-refractivity contribution in [3.8, 4) is 17.2 Å². The summed E-state index contributed by atoms with van der Waals surface area (Å²) < 4.78 is 18.0. The number of ether oxygens (including phenoxy) is 3. The second kappa shape index (κ2) is 14.5. The van der Waals surface area contributed by atoms with Crippen LogP contribution in [0.1, 0.15) is 71.1 Å². The second-order valence-corrected chi connectivity index (χ2v) is 8.31. The van der Waals surface area contributed by atoms with E-state index in [9.17, 15) is 0 Å². The summed E-state index contributed by atoms with van der Waals surface area (Å²) in [6, 6.07) is 10.3. The summed E-state index contributed by atoms with van der Waals surface area (Å²) in [5.74, 6) is 2.47. The van der Waals surface area contributed by atoms with Crippen LogP contribution in [0, 0.1) is 0 Å². The third kappa shape index (κ3) is 8.08. The van der Waals surface area contributed by atoms with Crippen LogP contribution in [0.15, 0.2) is 30.3 Å². The third-order valence-electron chi connectivity index (χ3n) is 5.17. The highest BCUT2D eigenvalue weighted by Crippen LogP contribution is 2.41. The summed E-state index contributed by atoms with van der Waals surface area (Å²) in [6.45, 7) is 3.70. The van der Waals surface area contributed by atoms with Crippen molar-refractivity contribution in [3.05, 3.63) is 30.3 Å². The maximum atomic E-state index is 6.19. The first-order chi connectivity index (χ1) is 14.3. The van der Waals surface area contributed by atoms with Gasteiger partial charge in [0, 0.05) is 22.2 Å².